The zero-order chi connectivity index (χ0) is 15.2. The van der Waals surface area contributed by atoms with E-state index in [0.717, 1.165) is 5.56 Å². The molecule has 6 heteroatoms. The van der Waals surface area contributed by atoms with Gasteiger partial charge < -0.3 is 10.2 Å². The topological polar surface area (TPSA) is 58.1 Å². The molecule has 1 amide bonds. The smallest absolute Gasteiger partial charge is 0.255 e. The number of pyridine rings is 2. The van der Waals surface area contributed by atoms with E-state index >= 15 is 0 Å². The fourth-order valence-electron chi connectivity index (χ4n) is 1.95. The lowest BCUT2D eigenvalue weighted by atomic mass is 10.2. The number of aromatic nitrogens is 2. The van der Waals surface area contributed by atoms with Gasteiger partial charge in [-0.05, 0) is 30.7 Å². The Morgan fingerprint density at radius 1 is 1.38 bits per heavy atom. The van der Waals surface area contributed by atoms with Crippen LogP contribution in [-0.4, -0.2) is 34.4 Å². The highest BCUT2D eigenvalue weighted by atomic mass is 35.5. The number of carbonyl (C=O) groups excluding carboxylic acids is 1. The molecule has 0 aromatic carbocycles. The molecule has 2 aromatic heterocycles. The van der Waals surface area contributed by atoms with Crippen LogP contribution in [0.15, 0.2) is 36.8 Å². The minimum atomic E-state index is -0.113. The summed E-state index contributed by atoms with van der Waals surface area (Å²) in [6, 6.07) is 5.45. The average molecular weight is 305 g/mol. The third-order valence-corrected chi connectivity index (χ3v) is 3.43. The van der Waals surface area contributed by atoms with Gasteiger partial charge in [0.2, 0.25) is 0 Å². The quantitative estimate of drug-likeness (QED) is 0.923. The first-order valence-electron chi connectivity index (χ1n) is 6.67. The Balaban J connectivity index is 2.24. The molecule has 0 saturated heterocycles. The van der Waals surface area contributed by atoms with Gasteiger partial charge in [0.25, 0.3) is 5.91 Å². The van der Waals surface area contributed by atoms with Gasteiger partial charge in [0, 0.05) is 38.7 Å². The summed E-state index contributed by atoms with van der Waals surface area (Å²) in [5, 5.41) is 3.26. The maximum atomic E-state index is 12.6. The maximum Gasteiger partial charge on any atom is 0.255 e. The summed E-state index contributed by atoms with van der Waals surface area (Å²) >= 11 is 6.10. The highest BCUT2D eigenvalue weighted by Gasteiger charge is 2.18. The number of hydrogen-bond donors (Lipinski definition) is 1. The van der Waals surface area contributed by atoms with Crippen LogP contribution in [0, 0.1) is 0 Å². The standard InChI is InChI=1S/C15H17ClN4O/c1-3-20(10-11-4-6-18-7-5-11)15(21)12-8-14(17-2)19-9-13(12)16/h4-9H,3,10H2,1-2H3,(H,17,19). The monoisotopic (exact) mass is 304 g/mol. The van der Waals surface area contributed by atoms with Crippen LogP contribution in [0.2, 0.25) is 5.02 Å². The van der Waals surface area contributed by atoms with Gasteiger partial charge in [-0.25, -0.2) is 4.98 Å². The van der Waals surface area contributed by atoms with E-state index in [1.807, 2.05) is 19.1 Å². The SMILES string of the molecule is CCN(Cc1ccncc1)C(=O)c1cc(NC)ncc1Cl. The number of nitrogens with zero attached hydrogens (tertiary/aromatic N) is 3. The van der Waals surface area contributed by atoms with Gasteiger partial charge >= 0.3 is 0 Å². The molecule has 0 unspecified atom stereocenters. The number of hydrogen-bond acceptors (Lipinski definition) is 4. The van der Waals surface area contributed by atoms with Crippen molar-refractivity contribution in [3.05, 3.63) is 52.9 Å². The van der Waals surface area contributed by atoms with Gasteiger partial charge in [0.15, 0.2) is 0 Å². The molecule has 0 aliphatic heterocycles. The summed E-state index contributed by atoms with van der Waals surface area (Å²) in [5.74, 6) is 0.501. The zero-order valence-electron chi connectivity index (χ0n) is 12.0. The van der Waals surface area contributed by atoms with Gasteiger partial charge in [0.05, 0.1) is 10.6 Å². The van der Waals surface area contributed by atoms with E-state index in [2.05, 4.69) is 15.3 Å². The Hall–Kier alpha value is -2.14. The summed E-state index contributed by atoms with van der Waals surface area (Å²) in [6.07, 6.45) is 4.92. The fraction of sp³-hybridized carbons (Fsp3) is 0.267. The number of carbonyl (C=O) groups is 1. The van der Waals surface area contributed by atoms with Crippen molar-refractivity contribution < 1.29 is 4.79 Å². The molecular formula is C15H17ClN4O. The summed E-state index contributed by atoms with van der Waals surface area (Å²) in [6.45, 7) is 3.05. The molecule has 5 nitrogen and oxygen atoms in total. The molecule has 0 saturated carbocycles. The predicted molar refractivity (Wildman–Crippen MR) is 83.4 cm³/mol. The number of halogens is 1. The average Bonchev–Trinajstić information content (AvgIpc) is 2.53. The summed E-state index contributed by atoms with van der Waals surface area (Å²) in [4.78, 5) is 22.4. The van der Waals surface area contributed by atoms with Crippen LogP contribution in [-0.2, 0) is 6.54 Å². The third-order valence-electron chi connectivity index (χ3n) is 3.13. The highest BCUT2D eigenvalue weighted by molar-refractivity contribution is 6.33. The summed E-state index contributed by atoms with van der Waals surface area (Å²) in [5.41, 5.74) is 1.48. The molecule has 0 aliphatic carbocycles. The lowest BCUT2D eigenvalue weighted by molar-refractivity contribution is 0.0752. The van der Waals surface area contributed by atoms with E-state index in [4.69, 9.17) is 11.6 Å². The zero-order valence-corrected chi connectivity index (χ0v) is 12.8. The summed E-state index contributed by atoms with van der Waals surface area (Å²) in [7, 11) is 1.75. The molecule has 2 rings (SSSR count). The first-order chi connectivity index (χ1) is 10.2. The van der Waals surface area contributed by atoms with Crippen LogP contribution in [0.4, 0.5) is 5.82 Å². The lowest BCUT2D eigenvalue weighted by Gasteiger charge is -2.21. The van der Waals surface area contributed by atoms with E-state index < -0.39 is 0 Å². The van der Waals surface area contributed by atoms with E-state index in [1.165, 1.54) is 6.20 Å². The van der Waals surface area contributed by atoms with E-state index in [1.54, 1.807) is 30.4 Å². The first kappa shape index (κ1) is 15.3. The lowest BCUT2D eigenvalue weighted by Crippen LogP contribution is -2.30. The minimum absolute atomic E-state index is 0.113. The van der Waals surface area contributed by atoms with Crippen LogP contribution in [0.25, 0.3) is 0 Å². The number of anilines is 1. The molecule has 0 bridgehead atoms. The van der Waals surface area contributed by atoms with Gasteiger partial charge in [-0.3, -0.25) is 9.78 Å². The van der Waals surface area contributed by atoms with Crippen molar-refractivity contribution in [2.45, 2.75) is 13.5 Å². The van der Waals surface area contributed by atoms with Crippen LogP contribution in [0.1, 0.15) is 22.8 Å². The predicted octanol–water partition coefficient (Wildman–Crippen LogP) is 2.83. The normalized spacial score (nSPS) is 10.2. The van der Waals surface area contributed by atoms with Gasteiger partial charge in [-0.15, -0.1) is 0 Å². The highest BCUT2D eigenvalue weighted by Crippen LogP contribution is 2.20. The van der Waals surface area contributed by atoms with Crippen molar-refractivity contribution in [1.82, 2.24) is 14.9 Å². The molecule has 0 fully saturated rings. The maximum absolute atomic E-state index is 12.6. The van der Waals surface area contributed by atoms with Crippen LogP contribution < -0.4 is 5.32 Å². The second-order valence-corrected chi connectivity index (χ2v) is 4.88. The van der Waals surface area contributed by atoms with Gasteiger partial charge in [-0.2, -0.15) is 0 Å². The van der Waals surface area contributed by atoms with E-state index in [9.17, 15) is 4.79 Å². The van der Waals surface area contributed by atoms with Crippen LogP contribution in [0.5, 0.6) is 0 Å². The van der Waals surface area contributed by atoms with E-state index in [0.29, 0.717) is 29.5 Å². The van der Waals surface area contributed by atoms with Crippen molar-refractivity contribution in [3.63, 3.8) is 0 Å². The Bertz CT molecular complexity index is 618. The molecular weight excluding hydrogens is 288 g/mol. The first-order valence-corrected chi connectivity index (χ1v) is 7.05. The Morgan fingerprint density at radius 2 is 2.10 bits per heavy atom. The van der Waals surface area contributed by atoms with Crippen molar-refractivity contribution in [3.8, 4) is 0 Å². The molecule has 2 aromatic rings. The number of rotatable bonds is 5. The fourth-order valence-corrected chi connectivity index (χ4v) is 2.13. The number of nitrogens with one attached hydrogen (secondary N) is 1. The molecule has 1 N–H and O–H groups in total. The molecule has 2 heterocycles. The van der Waals surface area contributed by atoms with Crippen molar-refractivity contribution in [2.75, 3.05) is 18.9 Å². The van der Waals surface area contributed by atoms with Gasteiger partial charge in [-0.1, -0.05) is 11.6 Å². The molecule has 0 aliphatic rings. The third kappa shape index (κ3) is 3.70. The van der Waals surface area contributed by atoms with Crippen molar-refractivity contribution in [1.29, 1.82) is 0 Å². The van der Waals surface area contributed by atoms with E-state index in [-0.39, 0.29) is 5.91 Å². The second kappa shape index (κ2) is 7.04. The molecule has 110 valence electrons. The molecule has 21 heavy (non-hydrogen) atoms. The van der Waals surface area contributed by atoms with Crippen molar-refractivity contribution >= 4 is 23.3 Å². The summed E-state index contributed by atoms with van der Waals surface area (Å²) < 4.78 is 0. The van der Waals surface area contributed by atoms with Crippen LogP contribution >= 0.6 is 11.6 Å². The largest absolute Gasteiger partial charge is 0.373 e. The Labute approximate surface area is 129 Å². The molecule has 0 atom stereocenters. The Morgan fingerprint density at radius 3 is 2.71 bits per heavy atom. The molecule has 0 spiro atoms. The van der Waals surface area contributed by atoms with Crippen molar-refractivity contribution in [2.24, 2.45) is 0 Å². The number of amides is 1. The second-order valence-electron chi connectivity index (χ2n) is 4.47. The van der Waals surface area contributed by atoms with Gasteiger partial charge in [0.1, 0.15) is 5.82 Å². The minimum Gasteiger partial charge on any atom is -0.373 e. The van der Waals surface area contributed by atoms with Crippen LogP contribution in [0.3, 0.4) is 0 Å². The Kier molecular flexibility index (Phi) is 5.11. The molecule has 0 radical (unpaired) electrons.